The second-order valence-corrected chi connectivity index (χ2v) is 19.4. The van der Waals surface area contributed by atoms with Crippen molar-refractivity contribution < 1.29 is 23.9 Å². The van der Waals surface area contributed by atoms with Crippen molar-refractivity contribution in [1.82, 2.24) is 15.0 Å². The first-order chi connectivity index (χ1) is 30.6. The van der Waals surface area contributed by atoms with E-state index in [1.54, 1.807) is 0 Å². The fraction of sp³-hybridized carbons (Fsp3) is 0.545. The average Bonchev–Trinajstić information content (AvgIpc) is 3.99. The van der Waals surface area contributed by atoms with E-state index in [4.69, 9.17) is 29.7 Å². The van der Waals surface area contributed by atoms with Crippen LogP contribution in [0.4, 0.5) is 0 Å². The molecule has 3 aliphatic rings. The molecule has 6 rings (SSSR count). The van der Waals surface area contributed by atoms with Crippen LogP contribution in [0.1, 0.15) is 169 Å². The number of hydrogen-bond acceptors (Lipinski definition) is 5. The number of allylic oxidation sites excluding steroid dienone is 2. The zero-order valence-corrected chi connectivity index (χ0v) is 42.7. The Balaban J connectivity index is 0.00000793. The van der Waals surface area contributed by atoms with E-state index in [0.29, 0.717) is 45.4 Å². The summed E-state index contributed by atoms with van der Waals surface area (Å²) in [7, 11) is 1.30. The van der Waals surface area contributed by atoms with Crippen LogP contribution < -0.4 is 36.3 Å². The fourth-order valence-electron chi connectivity index (χ4n) is 10.1. The van der Waals surface area contributed by atoms with E-state index in [1.165, 1.54) is 57.6 Å². The summed E-state index contributed by atoms with van der Waals surface area (Å²) in [4.78, 5) is 56.6. The number of Topliss-reactive ketones (excluding diaryl/α,β-unsaturated/α-hetero) is 1. The summed E-state index contributed by atoms with van der Waals surface area (Å²) in [6, 6.07) is -0.650. The smallest absolute Gasteiger partial charge is 0.678 e. The van der Waals surface area contributed by atoms with Gasteiger partial charge in [-0.2, -0.15) is 0 Å². The van der Waals surface area contributed by atoms with Gasteiger partial charge in [0, 0.05) is 12.0 Å². The molecule has 2 aliphatic heterocycles. The van der Waals surface area contributed by atoms with Gasteiger partial charge in [-0.25, -0.2) is 0 Å². The van der Waals surface area contributed by atoms with Gasteiger partial charge in [0.05, 0.1) is 7.11 Å². The molecule has 10 heteroatoms. The Labute approximate surface area is 404 Å². The standard InChI is InChI=1S/C55H73N4O5.Mg/c1-13-39-35(8)42-28-44-37(10)41(24-25-48(60)64-27-26-34(7)23-17-22-33(6)21-16-20-32(5)19-15-18-31(3)4)52(58-44)50-51(55(62)63-12)54(61)49-38(11)45(59-53(49)50)30-47-40(14-2)36(9)43(57-47)29-46(39)56-42;/h13,26,28-33,41,51-52H,1,14-25,27H2,2-12H3,(H-,56,57,61);/q-3;+2/p-1/b34-26+,42-28-;/t32-,33?,41+,51-,52?;/m1./s1. The van der Waals surface area contributed by atoms with Crippen LogP contribution in [0.5, 0.6) is 0 Å². The van der Waals surface area contributed by atoms with E-state index in [2.05, 4.69) is 55.0 Å². The van der Waals surface area contributed by atoms with Crippen LogP contribution in [0.3, 0.4) is 0 Å². The zero-order valence-electron chi connectivity index (χ0n) is 41.3. The van der Waals surface area contributed by atoms with Crippen molar-refractivity contribution in [2.24, 2.45) is 29.6 Å². The molecule has 3 aromatic heterocycles. The van der Waals surface area contributed by atoms with Gasteiger partial charge in [-0.3, -0.25) is 14.4 Å². The Morgan fingerprint density at radius 1 is 0.815 bits per heavy atom. The van der Waals surface area contributed by atoms with E-state index < -0.39 is 17.9 Å². The molecule has 0 fully saturated rings. The molecular formula is C55H72MgN4O5-2. The maximum absolute atomic E-state index is 14.4. The van der Waals surface area contributed by atoms with Gasteiger partial charge < -0.3 is 29.7 Å². The number of fused-ring (bicyclic) bond motifs is 8. The molecule has 9 nitrogen and oxygen atoms in total. The molecule has 0 spiro atoms. The van der Waals surface area contributed by atoms with Crippen molar-refractivity contribution in [3.63, 3.8) is 0 Å². The van der Waals surface area contributed by atoms with Crippen molar-refractivity contribution >= 4 is 70.7 Å². The predicted molar refractivity (Wildman–Crippen MR) is 264 cm³/mol. The van der Waals surface area contributed by atoms with E-state index in [-0.39, 0.29) is 53.8 Å². The molecule has 1 aliphatic carbocycles. The number of rotatable bonds is 20. The SMILES string of the molecule is C=Cc1c(C)/c2[n-]/c1=C\c1[n-]c(c(CC)c1C)/C=c1\[n-]c3c(c1C)C(=O)[C@H](C(=O)OC)C=3C1[N-]C(=C(C)[C@@H]1CCC(=O)OC/C=C(\C)CCCC(C)CCC[C@H](C)CCCC(C)C)\C=2.[Mg+2]. The Morgan fingerprint density at radius 2 is 1.46 bits per heavy atom. The van der Waals surface area contributed by atoms with Gasteiger partial charge in [0.1, 0.15) is 12.5 Å². The number of nitrogens with zero attached hydrogens (tertiary/aromatic N) is 4. The first kappa shape index (κ1) is 51.7. The topological polar surface area (TPSA) is 126 Å². The first-order valence-electron chi connectivity index (χ1n) is 24.0. The van der Waals surface area contributed by atoms with Gasteiger partial charge in [-0.15, -0.1) is 38.5 Å². The number of aromatic nitrogens is 3. The molecule has 0 radical (unpaired) electrons. The number of carbonyl (C=O) groups excluding carboxylic acids is 3. The third-order valence-corrected chi connectivity index (χ3v) is 14.2. The van der Waals surface area contributed by atoms with Crippen LogP contribution in [0.2, 0.25) is 0 Å². The minimum atomic E-state index is -1.20. The molecule has 0 saturated heterocycles. The molecule has 0 N–H and O–H groups in total. The molecule has 0 aromatic carbocycles. The summed E-state index contributed by atoms with van der Waals surface area (Å²) < 4.78 is 11.1. The summed E-state index contributed by atoms with van der Waals surface area (Å²) in [6.07, 6.45) is 22.4. The van der Waals surface area contributed by atoms with Gasteiger partial charge in [-0.1, -0.05) is 155 Å². The number of ether oxygens (including phenoxy) is 2. The third-order valence-electron chi connectivity index (χ3n) is 14.2. The number of hydrogen-bond donors (Lipinski definition) is 0. The largest absolute Gasteiger partial charge is 2.00 e. The predicted octanol–water partition coefficient (Wildman–Crippen LogP) is 8.25. The second kappa shape index (κ2) is 22.9. The monoisotopic (exact) mass is 893 g/mol. The van der Waals surface area contributed by atoms with Gasteiger partial charge in [-0.05, 0) is 95.6 Å². The Kier molecular flexibility index (Phi) is 18.3. The van der Waals surface area contributed by atoms with Crippen LogP contribution in [0.25, 0.3) is 35.2 Å². The van der Waals surface area contributed by atoms with Crippen LogP contribution in [0, 0.1) is 50.4 Å². The molecule has 3 aromatic rings. The first-order valence-corrected chi connectivity index (χ1v) is 24.0. The van der Waals surface area contributed by atoms with Gasteiger partial charge in [0.15, 0.2) is 5.78 Å². The molecular weight excluding hydrogens is 821 g/mol. The summed E-state index contributed by atoms with van der Waals surface area (Å²) in [6.45, 7) is 26.0. The Morgan fingerprint density at radius 3 is 2.11 bits per heavy atom. The number of carbonyl (C=O) groups is 3. The van der Waals surface area contributed by atoms with Crippen LogP contribution in [-0.2, 0) is 25.5 Å². The van der Waals surface area contributed by atoms with E-state index in [9.17, 15) is 14.4 Å². The summed E-state index contributed by atoms with van der Waals surface area (Å²) >= 11 is 0. The summed E-state index contributed by atoms with van der Waals surface area (Å²) in [5.74, 6) is -0.481. The Hall–Kier alpha value is -4.28. The van der Waals surface area contributed by atoms with Crippen LogP contribution in [-0.4, -0.2) is 60.5 Å². The minimum absolute atomic E-state index is 0. The third kappa shape index (κ3) is 11.6. The molecule has 346 valence electrons. The maximum Gasteiger partial charge on any atom is 2.00 e. The van der Waals surface area contributed by atoms with Crippen molar-refractivity contribution in [3.8, 4) is 0 Å². The molecule has 5 atom stereocenters. The second-order valence-electron chi connectivity index (χ2n) is 19.4. The quantitative estimate of drug-likeness (QED) is 0.0481. The van der Waals surface area contributed by atoms with E-state index in [0.717, 1.165) is 81.0 Å². The van der Waals surface area contributed by atoms with Crippen molar-refractivity contribution in [1.29, 1.82) is 0 Å². The van der Waals surface area contributed by atoms with Gasteiger partial charge in [0.25, 0.3) is 0 Å². The van der Waals surface area contributed by atoms with E-state index in [1.807, 2.05) is 51.2 Å². The van der Waals surface area contributed by atoms with Crippen LogP contribution in [0.15, 0.2) is 29.5 Å². The summed E-state index contributed by atoms with van der Waals surface area (Å²) in [5.41, 5.74) is 10.1. The fourth-order valence-corrected chi connectivity index (χ4v) is 10.1. The van der Waals surface area contributed by atoms with Crippen molar-refractivity contribution in [2.75, 3.05) is 13.7 Å². The molecule has 0 amide bonds. The molecule has 65 heavy (non-hydrogen) atoms. The maximum atomic E-state index is 14.4. The number of methoxy groups -OCH3 is 1. The Bertz CT molecular complexity index is 2560. The van der Waals surface area contributed by atoms with Crippen LogP contribution >= 0.6 is 0 Å². The number of ketones is 1. The normalized spacial score (nSPS) is 20.3. The van der Waals surface area contributed by atoms with Crippen molar-refractivity contribution in [2.45, 2.75) is 152 Å². The average molecular weight is 894 g/mol. The van der Waals surface area contributed by atoms with Gasteiger partial charge in [0.2, 0.25) is 0 Å². The molecule has 8 bridgehead atoms. The van der Waals surface area contributed by atoms with Crippen molar-refractivity contribution in [3.05, 3.63) is 101 Å². The molecule has 5 heterocycles. The molecule has 0 saturated carbocycles. The number of esters is 2. The van der Waals surface area contributed by atoms with E-state index >= 15 is 0 Å². The molecule has 2 unspecified atom stereocenters. The zero-order chi connectivity index (χ0) is 46.4. The van der Waals surface area contributed by atoms with Gasteiger partial charge >= 0.3 is 35.0 Å². The summed E-state index contributed by atoms with van der Waals surface area (Å²) in [5, 5.41) is 7.89. The minimum Gasteiger partial charge on any atom is -0.678 e.